The first kappa shape index (κ1) is 9.15. The van der Waals surface area contributed by atoms with E-state index in [1.54, 1.807) is 13.0 Å². The molecule has 3 nitrogen and oxygen atoms in total. The molecule has 0 amide bonds. The number of H-pyrrole nitrogens is 1. The largest absolute Gasteiger partial charge is 0.341 e. The lowest BCUT2D eigenvalue weighted by molar-refractivity contribution is 0.620. The summed E-state index contributed by atoms with van der Waals surface area (Å²) in [5, 5.41) is 0. The van der Waals surface area contributed by atoms with Crippen LogP contribution in [0.15, 0.2) is 12.1 Å². The molecule has 1 heterocycles. The SMILES string of the molecule is Cc1cc2[nH]c([C@H](C)N)nc2cc1F. The number of nitrogens with one attached hydrogen (secondary N) is 1. The fourth-order valence-corrected chi connectivity index (χ4v) is 1.37. The second-order valence-corrected chi connectivity index (χ2v) is 3.53. The van der Waals surface area contributed by atoms with E-state index in [9.17, 15) is 4.39 Å². The van der Waals surface area contributed by atoms with Crippen LogP contribution < -0.4 is 5.73 Å². The normalized spacial score (nSPS) is 13.4. The number of aromatic amines is 1. The molecule has 0 radical (unpaired) electrons. The van der Waals surface area contributed by atoms with Gasteiger partial charge in [-0.25, -0.2) is 9.37 Å². The summed E-state index contributed by atoms with van der Waals surface area (Å²) in [7, 11) is 0. The highest BCUT2D eigenvalue weighted by atomic mass is 19.1. The van der Waals surface area contributed by atoms with E-state index in [0.29, 0.717) is 16.9 Å². The molecule has 2 rings (SSSR count). The highest BCUT2D eigenvalue weighted by Gasteiger charge is 2.08. The van der Waals surface area contributed by atoms with Gasteiger partial charge in [-0.3, -0.25) is 0 Å². The second-order valence-electron chi connectivity index (χ2n) is 3.53. The van der Waals surface area contributed by atoms with E-state index in [4.69, 9.17) is 5.73 Å². The first-order chi connectivity index (χ1) is 6.58. The molecule has 0 spiro atoms. The van der Waals surface area contributed by atoms with Crippen molar-refractivity contribution in [1.82, 2.24) is 9.97 Å². The third kappa shape index (κ3) is 1.37. The van der Waals surface area contributed by atoms with E-state index in [1.807, 2.05) is 6.92 Å². The van der Waals surface area contributed by atoms with E-state index in [-0.39, 0.29) is 11.9 Å². The number of hydrogen-bond acceptors (Lipinski definition) is 2. The fraction of sp³-hybridized carbons (Fsp3) is 0.300. The number of rotatable bonds is 1. The maximum atomic E-state index is 13.2. The maximum absolute atomic E-state index is 13.2. The van der Waals surface area contributed by atoms with Crippen LogP contribution in [0.3, 0.4) is 0 Å². The Kier molecular flexibility index (Phi) is 2.00. The van der Waals surface area contributed by atoms with Crippen molar-refractivity contribution < 1.29 is 4.39 Å². The Morgan fingerprint density at radius 1 is 1.50 bits per heavy atom. The van der Waals surface area contributed by atoms with Crippen LogP contribution in [-0.2, 0) is 0 Å². The molecule has 14 heavy (non-hydrogen) atoms. The molecule has 0 aliphatic carbocycles. The quantitative estimate of drug-likeness (QED) is 0.728. The molecule has 1 aromatic heterocycles. The molecule has 1 aromatic carbocycles. The van der Waals surface area contributed by atoms with Gasteiger partial charge < -0.3 is 10.7 Å². The van der Waals surface area contributed by atoms with Crippen LogP contribution in [0.5, 0.6) is 0 Å². The summed E-state index contributed by atoms with van der Waals surface area (Å²) < 4.78 is 13.2. The number of hydrogen-bond donors (Lipinski definition) is 2. The van der Waals surface area contributed by atoms with Crippen LogP contribution in [-0.4, -0.2) is 9.97 Å². The zero-order chi connectivity index (χ0) is 10.3. The predicted molar refractivity (Wildman–Crippen MR) is 53.4 cm³/mol. The summed E-state index contributed by atoms with van der Waals surface area (Å²) in [6.45, 7) is 3.56. The molecular formula is C10H12FN3. The number of nitrogens with two attached hydrogens (primary N) is 1. The van der Waals surface area contributed by atoms with Gasteiger partial charge in [-0.15, -0.1) is 0 Å². The molecule has 0 saturated carbocycles. The van der Waals surface area contributed by atoms with Gasteiger partial charge in [0.15, 0.2) is 0 Å². The molecule has 0 aliphatic rings. The number of aromatic nitrogens is 2. The molecule has 0 bridgehead atoms. The minimum absolute atomic E-state index is 0.161. The van der Waals surface area contributed by atoms with Gasteiger partial charge in [0.25, 0.3) is 0 Å². The zero-order valence-corrected chi connectivity index (χ0v) is 8.13. The molecule has 0 fully saturated rings. The maximum Gasteiger partial charge on any atom is 0.128 e. The van der Waals surface area contributed by atoms with E-state index in [1.165, 1.54) is 6.07 Å². The minimum Gasteiger partial charge on any atom is -0.341 e. The Bertz CT molecular complexity index is 434. The summed E-state index contributed by atoms with van der Waals surface area (Å²) in [5.74, 6) is 0.449. The summed E-state index contributed by atoms with van der Waals surface area (Å²) in [4.78, 5) is 7.25. The molecule has 0 saturated heterocycles. The second kappa shape index (κ2) is 3.06. The van der Waals surface area contributed by atoms with Crippen LogP contribution in [0.4, 0.5) is 4.39 Å². The molecule has 0 unspecified atom stereocenters. The third-order valence-corrected chi connectivity index (χ3v) is 2.21. The van der Waals surface area contributed by atoms with Crippen molar-refractivity contribution in [3.8, 4) is 0 Å². The van der Waals surface area contributed by atoms with Crippen molar-refractivity contribution in [2.75, 3.05) is 0 Å². The summed E-state index contributed by atoms with van der Waals surface area (Å²) in [6.07, 6.45) is 0. The van der Waals surface area contributed by atoms with Crippen molar-refractivity contribution in [3.05, 3.63) is 29.3 Å². The van der Waals surface area contributed by atoms with Crippen molar-refractivity contribution in [2.24, 2.45) is 5.73 Å². The van der Waals surface area contributed by atoms with Gasteiger partial charge in [0.2, 0.25) is 0 Å². The number of aryl methyl sites for hydroxylation is 1. The Hall–Kier alpha value is -1.42. The number of nitrogens with zero attached hydrogens (tertiary/aromatic N) is 1. The number of benzene rings is 1. The molecule has 1 atom stereocenters. The van der Waals surface area contributed by atoms with Gasteiger partial charge >= 0.3 is 0 Å². The Balaban J connectivity index is 2.66. The van der Waals surface area contributed by atoms with Gasteiger partial charge in [-0.2, -0.15) is 0 Å². The highest BCUT2D eigenvalue weighted by Crippen LogP contribution is 2.18. The van der Waals surface area contributed by atoms with Gasteiger partial charge in [0.1, 0.15) is 11.6 Å². The molecular weight excluding hydrogens is 181 g/mol. The van der Waals surface area contributed by atoms with Crippen LogP contribution in [0.2, 0.25) is 0 Å². The lowest BCUT2D eigenvalue weighted by atomic mass is 10.2. The number of halogens is 1. The third-order valence-electron chi connectivity index (χ3n) is 2.21. The first-order valence-corrected chi connectivity index (χ1v) is 4.49. The first-order valence-electron chi connectivity index (χ1n) is 4.49. The Labute approximate surface area is 81.1 Å². The van der Waals surface area contributed by atoms with Gasteiger partial charge in [-0.05, 0) is 25.5 Å². The summed E-state index contributed by atoms with van der Waals surface area (Å²) in [6, 6.07) is 3.00. The van der Waals surface area contributed by atoms with E-state index in [2.05, 4.69) is 9.97 Å². The van der Waals surface area contributed by atoms with Crippen molar-refractivity contribution >= 4 is 11.0 Å². The molecule has 4 heteroatoms. The zero-order valence-electron chi connectivity index (χ0n) is 8.13. The lowest BCUT2D eigenvalue weighted by Gasteiger charge is -1.96. The molecule has 74 valence electrons. The topological polar surface area (TPSA) is 54.7 Å². The van der Waals surface area contributed by atoms with E-state index < -0.39 is 0 Å². The molecule has 0 aliphatic heterocycles. The van der Waals surface area contributed by atoms with Crippen LogP contribution in [0, 0.1) is 12.7 Å². The highest BCUT2D eigenvalue weighted by molar-refractivity contribution is 5.76. The average molecular weight is 193 g/mol. The summed E-state index contributed by atoms with van der Waals surface area (Å²) >= 11 is 0. The number of fused-ring (bicyclic) bond motifs is 1. The monoisotopic (exact) mass is 193 g/mol. The standard InChI is InChI=1S/C10H12FN3/c1-5-3-8-9(4-7(5)11)14-10(13-8)6(2)12/h3-4,6H,12H2,1-2H3,(H,13,14)/t6-/m0/s1. The van der Waals surface area contributed by atoms with Gasteiger partial charge in [0.05, 0.1) is 17.1 Å². The molecule has 2 aromatic rings. The Morgan fingerprint density at radius 2 is 2.21 bits per heavy atom. The predicted octanol–water partition coefficient (Wildman–Crippen LogP) is 2.03. The average Bonchev–Trinajstić information content (AvgIpc) is 2.48. The lowest BCUT2D eigenvalue weighted by Crippen LogP contribution is -2.06. The van der Waals surface area contributed by atoms with Crippen LogP contribution >= 0.6 is 0 Å². The van der Waals surface area contributed by atoms with Crippen molar-refractivity contribution in [1.29, 1.82) is 0 Å². The van der Waals surface area contributed by atoms with Crippen LogP contribution in [0.25, 0.3) is 11.0 Å². The van der Waals surface area contributed by atoms with Gasteiger partial charge in [-0.1, -0.05) is 0 Å². The van der Waals surface area contributed by atoms with Crippen molar-refractivity contribution in [2.45, 2.75) is 19.9 Å². The van der Waals surface area contributed by atoms with Crippen LogP contribution in [0.1, 0.15) is 24.4 Å². The summed E-state index contributed by atoms with van der Waals surface area (Å²) in [5.41, 5.74) is 7.73. The minimum atomic E-state index is -0.236. The van der Waals surface area contributed by atoms with E-state index >= 15 is 0 Å². The van der Waals surface area contributed by atoms with Crippen molar-refractivity contribution in [3.63, 3.8) is 0 Å². The fourth-order valence-electron chi connectivity index (χ4n) is 1.37. The molecule has 3 N–H and O–H groups in total. The van der Waals surface area contributed by atoms with Gasteiger partial charge in [0, 0.05) is 6.07 Å². The Morgan fingerprint density at radius 3 is 2.86 bits per heavy atom. The smallest absolute Gasteiger partial charge is 0.128 e. The number of imidazole rings is 1. The van der Waals surface area contributed by atoms with E-state index in [0.717, 1.165) is 5.52 Å².